The van der Waals surface area contributed by atoms with Gasteiger partial charge in [-0.1, -0.05) is 0 Å². The summed E-state index contributed by atoms with van der Waals surface area (Å²) in [5.74, 6) is 1.17. The molecule has 1 aromatic rings. The second-order valence-corrected chi connectivity index (χ2v) is 7.23. The van der Waals surface area contributed by atoms with Crippen LogP contribution in [-0.4, -0.2) is 40.9 Å². The first-order valence-electron chi connectivity index (χ1n) is 8.40. The van der Waals surface area contributed by atoms with Crippen LogP contribution < -0.4 is 15.4 Å². The smallest absolute Gasteiger partial charge is 0.407 e. The molecule has 1 heterocycles. The van der Waals surface area contributed by atoms with Crippen molar-refractivity contribution in [3.63, 3.8) is 0 Å². The van der Waals surface area contributed by atoms with E-state index in [0.717, 1.165) is 31.2 Å². The maximum absolute atomic E-state index is 11.8. The molecule has 1 aliphatic rings. The second-order valence-electron chi connectivity index (χ2n) is 7.23. The number of nitrogens with zero attached hydrogens (tertiary/aromatic N) is 2. The summed E-state index contributed by atoms with van der Waals surface area (Å²) in [6, 6.07) is 0.459. The molecule has 0 aliphatic heterocycles. The van der Waals surface area contributed by atoms with E-state index in [2.05, 4.69) is 20.6 Å². The summed E-state index contributed by atoms with van der Waals surface area (Å²) in [6.07, 6.45) is 5.11. The highest BCUT2D eigenvalue weighted by molar-refractivity contribution is 5.68. The number of rotatable bonds is 4. The highest BCUT2D eigenvalue weighted by Crippen LogP contribution is 2.23. The van der Waals surface area contributed by atoms with E-state index in [9.17, 15) is 4.79 Å². The monoisotopic (exact) mass is 336 g/mol. The van der Waals surface area contributed by atoms with Crippen molar-refractivity contribution in [2.45, 2.75) is 71.1 Å². The minimum absolute atomic E-state index is 0.159. The number of anilines is 1. The number of alkyl carbamates (subject to hydrolysis) is 1. The standard InChI is InChI=1S/C17H28N4O3/c1-11-10-18-15(21-14(11)23-5)19-12-6-8-13(9-7-12)20-16(22)24-17(2,3)4/h10,12-13H,6-9H2,1-5H3,(H,20,22)(H,18,19,21)/t12-,13+. The Morgan fingerprint density at radius 1 is 1.21 bits per heavy atom. The first-order valence-corrected chi connectivity index (χ1v) is 8.40. The molecule has 2 rings (SSSR count). The number of aromatic nitrogens is 2. The first kappa shape index (κ1) is 18.3. The van der Waals surface area contributed by atoms with Crippen LogP contribution in [0.25, 0.3) is 0 Å². The largest absolute Gasteiger partial charge is 0.481 e. The van der Waals surface area contributed by atoms with Gasteiger partial charge in [-0.05, 0) is 53.4 Å². The Morgan fingerprint density at radius 3 is 2.42 bits per heavy atom. The van der Waals surface area contributed by atoms with Crippen molar-refractivity contribution in [3.05, 3.63) is 11.8 Å². The molecule has 7 nitrogen and oxygen atoms in total. The third-order valence-corrected chi connectivity index (χ3v) is 3.90. The Kier molecular flexibility index (Phi) is 5.85. The number of ether oxygens (including phenoxy) is 2. The fourth-order valence-electron chi connectivity index (χ4n) is 2.74. The number of hydrogen-bond donors (Lipinski definition) is 2. The molecule has 0 unspecified atom stereocenters. The van der Waals surface area contributed by atoms with Crippen LogP contribution in [0.1, 0.15) is 52.0 Å². The normalized spacial score (nSPS) is 21.0. The molecule has 0 bridgehead atoms. The van der Waals surface area contributed by atoms with Crippen molar-refractivity contribution in [1.29, 1.82) is 0 Å². The van der Waals surface area contributed by atoms with Gasteiger partial charge in [0, 0.05) is 23.8 Å². The molecule has 1 amide bonds. The Bertz CT molecular complexity index is 563. The number of amides is 1. The third-order valence-electron chi connectivity index (χ3n) is 3.90. The van der Waals surface area contributed by atoms with Crippen LogP contribution in [0.5, 0.6) is 5.88 Å². The summed E-state index contributed by atoms with van der Waals surface area (Å²) in [7, 11) is 1.60. The van der Waals surface area contributed by atoms with Gasteiger partial charge in [0.25, 0.3) is 0 Å². The van der Waals surface area contributed by atoms with E-state index < -0.39 is 5.60 Å². The van der Waals surface area contributed by atoms with Crippen molar-refractivity contribution in [1.82, 2.24) is 15.3 Å². The first-order chi connectivity index (χ1) is 11.3. The van der Waals surface area contributed by atoms with Gasteiger partial charge in [0.05, 0.1) is 7.11 Å². The molecule has 7 heteroatoms. The SMILES string of the molecule is COc1nc(N[C@H]2CC[C@@H](NC(=O)OC(C)(C)C)CC2)ncc1C. The molecule has 1 fully saturated rings. The van der Waals surface area contributed by atoms with E-state index in [-0.39, 0.29) is 12.1 Å². The van der Waals surface area contributed by atoms with Gasteiger partial charge in [0.2, 0.25) is 11.8 Å². The molecule has 0 saturated heterocycles. The number of carbonyl (C=O) groups is 1. The van der Waals surface area contributed by atoms with Gasteiger partial charge in [-0.25, -0.2) is 9.78 Å². The van der Waals surface area contributed by atoms with Crippen LogP contribution in [0.4, 0.5) is 10.7 Å². The summed E-state index contributed by atoms with van der Waals surface area (Å²) in [5.41, 5.74) is 0.443. The summed E-state index contributed by atoms with van der Waals surface area (Å²) in [5, 5.41) is 6.29. The van der Waals surface area contributed by atoms with Crippen LogP contribution in [0.2, 0.25) is 0 Å². The predicted molar refractivity (Wildman–Crippen MR) is 92.4 cm³/mol. The maximum Gasteiger partial charge on any atom is 0.407 e. The van der Waals surface area contributed by atoms with Gasteiger partial charge in [-0.2, -0.15) is 4.98 Å². The average molecular weight is 336 g/mol. The lowest BCUT2D eigenvalue weighted by Gasteiger charge is -2.30. The van der Waals surface area contributed by atoms with Crippen molar-refractivity contribution >= 4 is 12.0 Å². The van der Waals surface area contributed by atoms with Gasteiger partial charge in [-0.15, -0.1) is 0 Å². The molecule has 0 aromatic carbocycles. The number of aryl methyl sites for hydroxylation is 1. The van der Waals surface area contributed by atoms with Crippen LogP contribution in [-0.2, 0) is 4.74 Å². The zero-order valence-corrected chi connectivity index (χ0v) is 15.2. The highest BCUT2D eigenvalue weighted by atomic mass is 16.6. The zero-order valence-electron chi connectivity index (χ0n) is 15.2. The van der Waals surface area contributed by atoms with Crippen molar-refractivity contribution < 1.29 is 14.3 Å². The molecule has 24 heavy (non-hydrogen) atoms. The van der Waals surface area contributed by atoms with Crippen molar-refractivity contribution in [3.8, 4) is 5.88 Å². The summed E-state index contributed by atoms with van der Waals surface area (Å²) in [6.45, 7) is 7.51. The molecule has 0 radical (unpaired) electrons. The lowest BCUT2D eigenvalue weighted by atomic mass is 9.91. The molecular weight excluding hydrogens is 308 g/mol. The van der Waals surface area contributed by atoms with Crippen molar-refractivity contribution in [2.75, 3.05) is 12.4 Å². The van der Waals surface area contributed by atoms with E-state index >= 15 is 0 Å². The third kappa shape index (κ3) is 5.54. The number of hydrogen-bond acceptors (Lipinski definition) is 6. The quantitative estimate of drug-likeness (QED) is 0.879. The van der Waals surface area contributed by atoms with Gasteiger partial charge < -0.3 is 20.1 Å². The summed E-state index contributed by atoms with van der Waals surface area (Å²) in [4.78, 5) is 20.5. The molecular formula is C17H28N4O3. The molecule has 2 N–H and O–H groups in total. The number of carbonyl (C=O) groups excluding carboxylic acids is 1. The topological polar surface area (TPSA) is 85.4 Å². The van der Waals surface area contributed by atoms with E-state index in [1.165, 1.54) is 0 Å². The van der Waals surface area contributed by atoms with Gasteiger partial charge in [0.15, 0.2) is 0 Å². The zero-order chi connectivity index (χ0) is 17.7. The van der Waals surface area contributed by atoms with Gasteiger partial charge in [-0.3, -0.25) is 0 Å². The van der Waals surface area contributed by atoms with Crippen LogP contribution in [0.15, 0.2) is 6.20 Å². The van der Waals surface area contributed by atoms with E-state index in [0.29, 0.717) is 17.9 Å². The molecule has 134 valence electrons. The van der Waals surface area contributed by atoms with E-state index in [1.54, 1.807) is 13.3 Å². The molecule has 0 atom stereocenters. The van der Waals surface area contributed by atoms with Gasteiger partial charge in [0.1, 0.15) is 5.60 Å². The molecule has 1 saturated carbocycles. The van der Waals surface area contributed by atoms with Crippen LogP contribution >= 0.6 is 0 Å². The Balaban J connectivity index is 1.79. The van der Waals surface area contributed by atoms with Crippen LogP contribution in [0, 0.1) is 6.92 Å². The Labute approximate surface area is 143 Å². The average Bonchev–Trinajstić information content (AvgIpc) is 2.49. The number of methoxy groups -OCH3 is 1. The minimum atomic E-state index is -0.468. The Morgan fingerprint density at radius 2 is 1.83 bits per heavy atom. The Hall–Kier alpha value is -2.05. The lowest BCUT2D eigenvalue weighted by molar-refractivity contribution is 0.0492. The fraction of sp³-hybridized carbons (Fsp3) is 0.706. The molecule has 1 aromatic heterocycles. The molecule has 0 spiro atoms. The minimum Gasteiger partial charge on any atom is -0.481 e. The second kappa shape index (κ2) is 7.68. The van der Waals surface area contributed by atoms with E-state index in [1.807, 2.05) is 27.7 Å². The summed E-state index contributed by atoms with van der Waals surface area (Å²) >= 11 is 0. The summed E-state index contributed by atoms with van der Waals surface area (Å²) < 4.78 is 10.5. The fourth-order valence-corrected chi connectivity index (χ4v) is 2.74. The maximum atomic E-state index is 11.8. The number of nitrogens with one attached hydrogen (secondary N) is 2. The van der Waals surface area contributed by atoms with E-state index in [4.69, 9.17) is 9.47 Å². The highest BCUT2D eigenvalue weighted by Gasteiger charge is 2.25. The lowest BCUT2D eigenvalue weighted by Crippen LogP contribution is -2.42. The molecule has 1 aliphatic carbocycles. The predicted octanol–water partition coefficient (Wildman–Crippen LogP) is 3.04. The van der Waals surface area contributed by atoms with Crippen LogP contribution in [0.3, 0.4) is 0 Å². The van der Waals surface area contributed by atoms with Crippen molar-refractivity contribution in [2.24, 2.45) is 0 Å². The van der Waals surface area contributed by atoms with Gasteiger partial charge >= 0.3 is 6.09 Å².